The minimum absolute atomic E-state index is 0.115. The van der Waals surface area contributed by atoms with E-state index < -0.39 is 0 Å². The lowest BCUT2D eigenvalue weighted by molar-refractivity contribution is -0.131. The Kier molecular flexibility index (Phi) is 5.07. The van der Waals surface area contributed by atoms with Crippen molar-refractivity contribution in [1.29, 1.82) is 0 Å². The summed E-state index contributed by atoms with van der Waals surface area (Å²) in [5, 5.41) is 3.30. The van der Waals surface area contributed by atoms with Crippen LogP contribution in [0.2, 0.25) is 0 Å². The summed E-state index contributed by atoms with van der Waals surface area (Å²) in [6, 6.07) is 5.83. The summed E-state index contributed by atoms with van der Waals surface area (Å²) in [7, 11) is 6.89. The number of nitrogens with one attached hydrogen (secondary N) is 1. The van der Waals surface area contributed by atoms with Crippen LogP contribution in [-0.4, -0.2) is 51.7 Å². The Morgan fingerprint density at radius 2 is 1.81 bits per heavy atom. The lowest BCUT2D eigenvalue weighted by atomic mass is 9.86. The second kappa shape index (κ2) is 6.80. The minimum Gasteiger partial charge on any atom is -0.497 e. The maximum absolute atomic E-state index is 12.1. The Balaban J connectivity index is 2.19. The number of likely N-dealkylation sites (N-methyl/N-ethyl adjacent to an activating group) is 1. The maximum atomic E-state index is 12.1. The normalized spacial score (nSPS) is 21.7. The molecule has 1 amide bonds. The van der Waals surface area contributed by atoms with Gasteiger partial charge in [0.15, 0.2) is 0 Å². The maximum Gasteiger partial charge on any atom is 0.239 e. The van der Waals surface area contributed by atoms with E-state index in [0.717, 1.165) is 30.9 Å². The van der Waals surface area contributed by atoms with E-state index >= 15 is 0 Å². The van der Waals surface area contributed by atoms with E-state index in [2.05, 4.69) is 5.32 Å². The SMILES string of the molecule is COc1cc(OC)cc(C2CCNC(C(=O)N(C)C)C2)c1. The summed E-state index contributed by atoms with van der Waals surface area (Å²) in [4.78, 5) is 13.8. The molecule has 0 aromatic heterocycles. The second-order valence-electron chi connectivity index (χ2n) is 5.61. The van der Waals surface area contributed by atoms with Crippen LogP contribution in [0.4, 0.5) is 0 Å². The van der Waals surface area contributed by atoms with Gasteiger partial charge < -0.3 is 19.7 Å². The molecule has 21 heavy (non-hydrogen) atoms. The molecular formula is C16H24N2O3. The predicted molar refractivity (Wildman–Crippen MR) is 82.0 cm³/mol. The number of piperidine rings is 1. The highest BCUT2D eigenvalue weighted by molar-refractivity contribution is 5.81. The summed E-state index contributed by atoms with van der Waals surface area (Å²) in [6.45, 7) is 0.842. The smallest absolute Gasteiger partial charge is 0.239 e. The Morgan fingerprint density at radius 3 is 2.33 bits per heavy atom. The van der Waals surface area contributed by atoms with E-state index in [9.17, 15) is 4.79 Å². The number of benzene rings is 1. The lowest BCUT2D eigenvalue weighted by Gasteiger charge is -2.31. The van der Waals surface area contributed by atoms with Crippen LogP contribution in [0.1, 0.15) is 24.3 Å². The fourth-order valence-corrected chi connectivity index (χ4v) is 2.79. The number of carbonyl (C=O) groups excluding carboxylic acids is 1. The van der Waals surface area contributed by atoms with Crippen molar-refractivity contribution in [2.45, 2.75) is 24.8 Å². The zero-order valence-corrected chi connectivity index (χ0v) is 13.2. The first-order valence-corrected chi connectivity index (χ1v) is 7.22. The average Bonchev–Trinajstić information content (AvgIpc) is 2.53. The molecule has 0 aliphatic carbocycles. The monoisotopic (exact) mass is 292 g/mol. The molecule has 0 spiro atoms. The summed E-state index contributed by atoms with van der Waals surface area (Å²) in [6.07, 6.45) is 1.81. The quantitative estimate of drug-likeness (QED) is 0.916. The van der Waals surface area contributed by atoms with Gasteiger partial charge in [-0.1, -0.05) is 0 Å². The van der Waals surface area contributed by atoms with Crippen molar-refractivity contribution in [3.8, 4) is 11.5 Å². The number of carbonyl (C=O) groups is 1. The van der Waals surface area contributed by atoms with Crippen molar-refractivity contribution in [3.05, 3.63) is 23.8 Å². The topological polar surface area (TPSA) is 50.8 Å². The number of ether oxygens (including phenoxy) is 2. The van der Waals surface area contributed by atoms with Crippen molar-refractivity contribution in [2.75, 3.05) is 34.9 Å². The zero-order chi connectivity index (χ0) is 15.4. The largest absolute Gasteiger partial charge is 0.497 e. The fourth-order valence-electron chi connectivity index (χ4n) is 2.79. The molecule has 0 radical (unpaired) electrons. The van der Waals surface area contributed by atoms with Crippen molar-refractivity contribution >= 4 is 5.91 Å². The highest BCUT2D eigenvalue weighted by atomic mass is 16.5. The number of hydrogen-bond donors (Lipinski definition) is 1. The summed E-state index contributed by atoms with van der Waals surface area (Å²) >= 11 is 0. The molecule has 1 aromatic rings. The molecule has 5 heteroatoms. The molecular weight excluding hydrogens is 268 g/mol. The molecule has 1 heterocycles. The third-order valence-corrected chi connectivity index (χ3v) is 3.99. The Bertz CT molecular complexity index is 480. The third kappa shape index (κ3) is 3.67. The number of amides is 1. The first-order valence-electron chi connectivity index (χ1n) is 7.22. The first kappa shape index (κ1) is 15.6. The molecule has 1 aliphatic rings. The van der Waals surface area contributed by atoms with Gasteiger partial charge >= 0.3 is 0 Å². The van der Waals surface area contributed by atoms with Crippen molar-refractivity contribution in [2.24, 2.45) is 0 Å². The van der Waals surface area contributed by atoms with Gasteiger partial charge in [-0.2, -0.15) is 0 Å². The lowest BCUT2D eigenvalue weighted by Crippen LogP contribution is -2.47. The first-order chi connectivity index (χ1) is 10.0. The van der Waals surface area contributed by atoms with Gasteiger partial charge in [0, 0.05) is 20.2 Å². The summed E-state index contributed by atoms with van der Waals surface area (Å²) < 4.78 is 10.7. The van der Waals surface area contributed by atoms with Crippen LogP contribution in [-0.2, 0) is 4.79 Å². The summed E-state index contributed by atoms with van der Waals surface area (Å²) in [5.74, 6) is 2.05. The summed E-state index contributed by atoms with van der Waals surface area (Å²) in [5.41, 5.74) is 1.17. The van der Waals surface area contributed by atoms with Crippen LogP contribution in [0, 0.1) is 0 Å². The number of methoxy groups -OCH3 is 2. The Hall–Kier alpha value is -1.75. The van der Waals surface area contributed by atoms with E-state index in [1.165, 1.54) is 5.56 Å². The third-order valence-electron chi connectivity index (χ3n) is 3.99. The van der Waals surface area contributed by atoms with E-state index in [4.69, 9.17) is 9.47 Å². The molecule has 1 aromatic carbocycles. The van der Waals surface area contributed by atoms with Gasteiger partial charge in [0.2, 0.25) is 5.91 Å². The molecule has 1 aliphatic heterocycles. The van der Waals surface area contributed by atoms with E-state index in [1.54, 1.807) is 33.2 Å². The van der Waals surface area contributed by atoms with Crippen molar-refractivity contribution in [3.63, 3.8) is 0 Å². The molecule has 0 bridgehead atoms. The van der Waals surface area contributed by atoms with Gasteiger partial charge in [-0.3, -0.25) is 4.79 Å². The van der Waals surface area contributed by atoms with Gasteiger partial charge in [-0.15, -0.1) is 0 Å². The zero-order valence-electron chi connectivity index (χ0n) is 13.2. The minimum atomic E-state index is -0.115. The van der Waals surface area contributed by atoms with Crippen LogP contribution in [0.5, 0.6) is 11.5 Å². The van der Waals surface area contributed by atoms with Crippen LogP contribution in [0.3, 0.4) is 0 Å². The standard InChI is InChI=1S/C16H24N2O3/c1-18(2)16(19)15-9-11(5-6-17-15)12-7-13(20-3)10-14(8-12)21-4/h7-8,10-11,15,17H,5-6,9H2,1-4H3. The Morgan fingerprint density at radius 1 is 1.19 bits per heavy atom. The molecule has 5 nitrogen and oxygen atoms in total. The molecule has 2 unspecified atom stereocenters. The van der Waals surface area contributed by atoms with E-state index in [0.29, 0.717) is 5.92 Å². The average molecular weight is 292 g/mol. The molecule has 1 N–H and O–H groups in total. The molecule has 116 valence electrons. The molecule has 0 saturated carbocycles. The number of hydrogen-bond acceptors (Lipinski definition) is 4. The van der Waals surface area contributed by atoms with Gasteiger partial charge in [-0.25, -0.2) is 0 Å². The number of nitrogens with zero attached hydrogens (tertiary/aromatic N) is 1. The fraction of sp³-hybridized carbons (Fsp3) is 0.562. The van der Waals surface area contributed by atoms with Gasteiger partial charge in [-0.05, 0) is 43.0 Å². The van der Waals surface area contributed by atoms with E-state index in [-0.39, 0.29) is 11.9 Å². The van der Waals surface area contributed by atoms with Crippen LogP contribution in [0.15, 0.2) is 18.2 Å². The van der Waals surface area contributed by atoms with Crippen LogP contribution in [0.25, 0.3) is 0 Å². The van der Waals surface area contributed by atoms with Gasteiger partial charge in [0.1, 0.15) is 11.5 Å². The van der Waals surface area contributed by atoms with Crippen molar-refractivity contribution < 1.29 is 14.3 Å². The van der Waals surface area contributed by atoms with Gasteiger partial charge in [0.05, 0.1) is 20.3 Å². The van der Waals surface area contributed by atoms with Crippen LogP contribution < -0.4 is 14.8 Å². The van der Waals surface area contributed by atoms with Gasteiger partial charge in [0.25, 0.3) is 0 Å². The second-order valence-corrected chi connectivity index (χ2v) is 5.61. The Labute approximate surface area is 126 Å². The molecule has 1 fully saturated rings. The molecule has 1 saturated heterocycles. The highest BCUT2D eigenvalue weighted by Gasteiger charge is 2.29. The number of rotatable bonds is 4. The van der Waals surface area contributed by atoms with E-state index in [1.807, 2.05) is 18.2 Å². The highest BCUT2D eigenvalue weighted by Crippen LogP contribution is 2.33. The van der Waals surface area contributed by atoms with Crippen molar-refractivity contribution in [1.82, 2.24) is 10.2 Å². The predicted octanol–water partition coefficient (Wildman–Crippen LogP) is 1.63. The van der Waals surface area contributed by atoms with Crippen LogP contribution >= 0.6 is 0 Å². The molecule has 2 rings (SSSR count). The molecule has 2 atom stereocenters.